The van der Waals surface area contributed by atoms with Crippen LogP contribution in [0.2, 0.25) is 0 Å². The van der Waals surface area contributed by atoms with Gasteiger partial charge in [0.15, 0.2) is 5.65 Å². The van der Waals surface area contributed by atoms with Crippen LogP contribution in [0.3, 0.4) is 0 Å². The highest BCUT2D eigenvalue weighted by molar-refractivity contribution is 9.10. The Morgan fingerprint density at radius 1 is 1.44 bits per heavy atom. The largest absolute Gasteiger partial charge is 0.396 e. The van der Waals surface area contributed by atoms with Gasteiger partial charge in [0.2, 0.25) is 0 Å². The Kier molecular flexibility index (Phi) is 4.35. The zero-order chi connectivity index (χ0) is 13.1. The van der Waals surface area contributed by atoms with Crippen molar-refractivity contribution in [3.05, 3.63) is 22.6 Å². The van der Waals surface area contributed by atoms with Gasteiger partial charge in [-0.2, -0.15) is 0 Å². The Morgan fingerprint density at radius 3 is 2.89 bits per heavy atom. The van der Waals surface area contributed by atoms with Crippen LogP contribution in [0.1, 0.15) is 26.1 Å². The van der Waals surface area contributed by atoms with Gasteiger partial charge < -0.3 is 9.67 Å². The van der Waals surface area contributed by atoms with E-state index < -0.39 is 0 Å². The summed E-state index contributed by atoms with van der Waals surface area (Å²) in [6, 6.07) is 1.99. The van der Waals surface area contributed by atoms with Gasteiger partial charge in [-0.3, -0.25) is 0 Å². The molecule has 0 amide bonds. The number of aryl methyl sites for hydroxylation is 1. The van der Waals surface area contributed by atoms with Crippen LogP contribution in [-0.4, -0.2) is 26.2 Å². The first-order valence-electron chi connectivity index (χ1n) is 6.23. The van der Waals surface area contributed by atoms with E-state index in [1.54, 1.807) is 6.20 Å². The van der Waals surface area contributed by atoms with Crippen molar-refractivity contribution in [3.63, 3.8) is 0 Å². The van der Waals surface area contributed by atoms with Crippen molar-refractivity contribution in [1.82, 2.24) is 14.5 Å². The van der Waals surface area contributed by atoms with Crippen molar-refractivity contribution >= 4 is 27.1 Å². The Balaban J connectivity index is 2.45. The second kappa shape index (κ2) is 5.80. The van der Waals surface area contributed by atoms with Crippen LogP contribution in [0.15, 0.2) is 16.7 Å². The molecule has 98 valence electrons. The third kappa shape index (κ3) is 2.90. The van der Waals surface area contributed by atoms with Crippen molar-refractivity contribution in [2.45, 2.75) is 33.2 Å². The highest BCUT2D eigenvalue weighted by atomic mass is 79.9. The predicted octanol–water partition coefficient (Wildman–Crippen LogP) is 2.77. The molecule has 0 saturated carbocycles. The molecule has 0 fully saturated rings. The van der Waals surface area contributed by atoms with E-state index in [0.29, 0.717) is 5.92 Å². The summed E-state index contributed by atoms with van der Waals surface area (Å²) in [5, 5.41) is 8.99. The van der Waals surface area contributed by atoms with Gasteiger partial charge in [0.1, 0.15) is 11.3 Å². The van der Waals surface area contributed by atoms with Crippen LogP contribution in [0.25, 0.3) is 11.2 Å². The van der Waals surface area contributed by atoms with Gasteiger partial charge in [-0.1, -0.05) is 13.8 Å². The molecule has 0 aliphatic carbocycles. The molecule has 0 saturated heterocycles. The van der Waals surface area contributed by atoms with Crippen molar-refractivity contribution in [2.24, 2.45) is 5.92 Å². The third-order valence-corrected chi connectivity index (χ3v) is 3.19. The number of halogens is 1. The SMILES string of the molecule is CC(C)Cc1nc2cc(Br)cnc2n1CCCO. The molecule has 0 radical (unpaired) electrons. The van der Waals surface area contributed by atoms with Crippen molar-refractivity contribution in [3.8, 4) is 0 Å². The Hall–Kier alpha value is -0.940. The summed E-state index contributed by atoms with van der Waals surface area (Å²) >= 11 is 3.42. The summed E-state index contributed by atoms with van der Waals surface area (Å²) in [6.45, 7) is 5.32. The molecule has 0 aliphatic heterocycles. The molecule has 18 heavy (non-hydrogen) atoms. The molecular weight excluding hydrogens is 294 g/mol. The topological polar surface area (TPSA) is 50.9 Å². The fraction of sp³-hybridized carbons (Fsp3) is 0.538. The second-order valence-electron chi connectivity index (χ2n) is 4.85. The first-order valence-corrected chi connectivity index (χ1v) is 7.02. The van der Waals surface area contributed by atoms with Crippen LogP contribution < -0.4 is 0 Å². The van der Waals surface area contributed by atoms with E-state index >= 15 is 0 Å². The molecule has 1 N–H and O–H groups in total. The quantitative estimate of drug-likeness (QED) is 0.923. The number of hydrogen-bond donors (Lipinski definition) is 1. The molecule has 0 bridgehead atoms. The zero-order valence-electron chi connectivity index (χ0n) is 10.7. The summed E-state index contributed by atoms with van der Waals surface area (Å²) in [5.74, 6) is 1.61. The molecule has 2 rings (SSSR count). The number of hydrogen-bond acceptors (Lipinski definition) is 3. The van der Waals surface area contributed by atoms with E-state index in [1.807, 2.05) is 6.07 Å². The first kappa shape index (κ1) is 13.5. The summed E-state index contributed by atoms with van der Waals surface area (Å²) in [7, 11) is 0. The van der Waals surface area contributed by atoms with Gasteiger partial charge in [-0.05, 0) is 34.3 Å². The number of imidazole rings is 1. The van der Waals surface area contributed by atoms with Crippen LogP contribution in [-0.2, 0) is 13.0 Å². The average Bonchev–Trinajstić information content (AvgIpc) is 2.62. The van der Waals surface area contributed by atoms with E-state index in [9.17, 15) is 0 Å². The summed E-state index contributed by atoms with van der Waals surface area (Å²) in [5.41, 5.74) is 1.82. The van der Waals surface area contributed by atoms with E-state index in [0.717, 1.165) is 40.8 Å². The Morgan fingerprint density at radius 2 is 2.22 bits per heavy atom. The van der Waals surface area contributed by atoms with Crippen LogP contribution >= 0.6 is 15.9 Å². The van der Waals surface area contributed by atoms with Crippen molar-refractivity contribution in [1.29, 1.82) is 0 Å². The minimum absolute atomic E-state index is 0.192. The number of nitrogens with zero attached hydrogens (tertiary/aromatic N) is 3. The van der Waals surface area contributed by atoms with E-state index in [4.69, 9.17) is 5.11 Å². The monoisotopic (exact) mass is 311 g/mol. The lowest BCUT2D eigenvalue weighted by molar-refractivity contribution is 0.279. The molecule has 5 heteroatoms. The summed E-state index contributed by atoms with van der Waals surface area (Å²) in [4.78, 5) is 9.09. The van der Waals surface area contributed by atoms with Crippen LogP contribution in [0.5, 0.6) is 0 Å². The number of fused-ring (bicyclic) bond motifs is 1. The molecule has 0 spiro atoms. The van der Waals surface area contributed by atoms with Crippen LogP contribution in [0.4, 0.5) is 0 Å². The van der Waals surface area contributed by atoms with Gasteiger partial charge in [0.05, 0.1) is 0 Å². The van der Waals surface area contributed by atoms with Gasteiger partial charge in [0.25, 0.3) is 0 Å². The minimum Gasteiger partial charge on any atom is -0.396 e. The predicted molar refractivity (Wildman–Crippen MR) is 75.5 cm³/mol. The van der Waals surface area contributed by atoms with Crippen LogP contribution in [0, 0.1) is 5.92 Å². The first-order chi connectivity index (χ1) is 8.61. The lowest BCUT2D eigenvalue weighted by Gasteiger charge is -2.09. The maximum Gasteiger partial charge on any atom is 0.160 e. The van der Waals surface area contributed by atoms with Gasteiger partial charge >= 0.3 is 0 Å². The number of pyridine rings is 1. The van der Waals surface area contributed by atoms with E-state index in [2.05, 4.69) is 44.3 Å². The zero-order valence-corrected chi connectivity index (χ0v) is 12.3. The lowest BCUT2D eigenvalue weighted by atomic mass is 10.1. The van der Waals surface area contributed by atoms with E-state index in [1.165, 1.54) is 0 Å². The Bertz CT molecular complexity index is 536. The third-order valence-electron chi connectivity index (χ3n) is 2.76. The standard InChI is InChI=1S/C13H18BrN3O/c1-9(2)6-12-16-11-7-10(14)8-15-13(11)17(12)4-3-5-18/h7-9,18H,3-6H2,1-2H3. The minimum atomic E-state index is 0.192. The highest BCUT2D eigenvalue weighted by Gasteiger charge is 2.13. The fourth-order valence-corrected chi connectivity index (χ4v) is 2.34. The maximum absolute atomic E-state index is 8.99. The summed E-state index contributed by atoms with van der Waals surface area (Å²) in [6.07, 6.45) is 3.45. The van der Waals surface area contributed by atoms with Gasteiger partial charge in [0, 0.05) is 30.2 Å². The fourth-order valence-electron chi connectivity index (χ4n) is 2.02. The second-order valence-corrected chi connectivity index (χ2v) is 5.77. The smallest absolute Gasteiger partial charge is 0.160 e. The molecule has 4 nitrogen and oxygen atoms in total. The van der Waals surface area contributed by atoms with E-state index in [-0.39, 0.29) is 6.61 Å². The van der Waals surface area contributed by atoms with Crippen molar-refractivity contribution in [2.75, 3.05) is 6.61 Å². The molecule has 0 atom stereocenters. The lowest BCUT2D eigenvalue weighted by Crippen LogP contribution is -2.08. The number of aliphatic hydroxyl groups excluding tert-OH is 1. The average molecular weight is 312 g/mol. The summed E-state index contributed by atoms with van der Waals surface area (Å²) < 4.78 is 3.07. The molecule has 0 aliphatic rings. The molecule has 2 heterocycles. The molecular formula is C13H18BrN3O. The number of rotatable bonds is 5. The highest BCUT2D eigenvalue weighted by Crippen LogP contribution is 2.20. The number of aliphatic hydroxyl groups is 1. The van der Waals surface area contributed by atoms with Gasteiger partial charge in [-0.15, -0.1) is 0 Å². The molecule has 0 unspecified atom stereocenters. The molecule has 0 aromatic carbocycles. The number of aromatic nitrogens is 3. The van der Waals surface area contributed by atoms with Gasteiger partial charge in [-0.25, -0.2) is 9.97 Å². The van der Waals surface area contributed by atoms with Crippen molar-refractivity contribution < 1.29 is 5.11 Å². The molecule has 2 aromatic rings. The maximum atomic E-state index is 8.99. The Labute approximate surface area is 115 Å². The molecule has 2 aromatic heterocycles. The normalized spacial score (nSPS) is 11.6.